The molecule has 1 saturated heterocycles. The Morgan fingerprint density at radius 1 is 0.833 bits per heavy atom. The van der Waals surface area contributed by atoms with Crippen LogP contribution in [0.3, 0.4) is 0 Å². The van der Waals surface area contributed by atoms with Crippen molar-refractivity contribution in [2.24, 2.45) is 0 Å². The largest absolute Gasteiger partial charge is 0.497 e. The van der Waals surface area contributed by atoms with Crippen molar-refractivity contribution in [3.63, 3.8) is 0 Å². The van der Waals surface area contributed by atoms with Crippen molar-refractivity contribution in [3.05, 3.63) is 149 Å². The first kappa shape index (κ1) is 32.5. The lowest BCUT2D eigenvalue weighted by molar-refractivity contribution is -0.0781. The van der Waals surface area contributed by atoms with Crippen LogP contribution >= 0.6 is 0 Å². The van der Waals surface area contributed by atoms with E-state index in [9.17, 15) is 19.2 Å². The Hall–Kier alpha value is -5.46. The van der Waals surface area contributed by atoms with Crippen LogP contribution in [0.5, 0.6) is 17.2 Å². The van der Waals surface area contributed by atoms with E-state index in [4.69, 9.17) is 23.7 Å². The molecule has 248 valence electrons. The zero-order valence-corrected chi connectivity index (χ0v) is 26.6. The summed E-state index contributed by atoms with van der Waals surface area (Å²) in [5, 5.41) is 3.09. The lowest BCUT2D eigenvalue weighted by Crippen LogP contribution is -2.42. The number of ether oxygens (including phenoxy) is 5. The average Bonchev–Trinajstić information content (AvgIpc) is 3.53. The van der Waals surface area contributed by atoms with Gasteiger partial charge in [-0.15, -0.1) is 0 Å². The first-order valence-corrected chi connectivity index (χ1v) is 15.5. The molecule has 1 fully saturated rings. The molecule has 48 heavy (non-hydrogen) atoms. The van der Waals surface area contributed by atoms with Crippen molar-refractivity contribution in [2.75, 3.05) is 32.8 Å². The summed E-state index contributed by atoms with van der Waals surface area (Å²) in [6.45, 7) is 1.95. The van der Waals surface area contributed by atoms with Gasteiger partial charge in [-0.25, -0.2) is 4.79 Å². The maximum atomic E-state index is 12.9. The summed E-state index contributed by atoms with van der Waals surface area (Å²) in [5.74, 6) is 1.31. The van der Waals surface area contributed by atoms with E-state index in [1.54, 1.807) is 21.1 Å². The molecule has 0 bridgehead atoms. The quantitative estimate of drug-likeness (QED) is 0.143. The molecule has 0 radical (unpaired) electrons. The van der Waals surface area contributed by atoms with E-state index in [-0.39, 0.29) is 31.1 Å². The van der Waals surface area contributed by atoms with Gasteiger partial charge in [0.15, 0.2) is 12.0 Å². The van der Waals surface area contributed by atoms with Crippen molar-refractivity contribution in [3.8, 4) is 17.2 Å². The van der Waals surface area contributed by atoms with E-state index in [0.717, 1.165) is 16.7 Å². The number of H-pyrrole nitrogens is 1. The highest BCUT2D eigenvalue weighted by atomic mass is 16.6. The highest BCUT2D eigenvalue weighted by Gasteiger charge is 2.43. The second kappa shape index (κ2) is 13.7. The molecule has 12 nitrogen and oxygen atoms in total. The van der Waals surface area contributed by atoms with Gasteiger partial charge in [-0.05, 0) is 47.9 Å². The first-order valence-electron chi connectivity index (χ1n) is 15.5. The molecular formula is C36H35N3O9. The van der Waals surface area contributed by atoms with Crippen molar-refractivity contribution in [1.29, 1.82) is 0 Å². The Labute approximate surface area is 275 Å². The molecule has 0 amide bonds. The number of hydrogen-bond donors (Lipinski definition) is 2. The number of rotatable bonds is 13. The van der Waals surface area contributed by atoms with Gasteiger partial charge in [0.2, 0.25) is 0 Å². The van der Waals surface area contributed by atoms with Gasteiger partial charge in [0.25, 0.3) is 16.4 Å². The van der Waals surface area contributed by atoms with Crippen molar-refractivity contribution in [2.45, 2.75) is 37.3 Å². The molecule has 0 spiro atoms. The zero-order valence-electron chi connectivity index (χ0n) is 26.6. The van der Waals surface area contributed by atoms with Crippen LogP contribution in [0.2, 0.25) is 0 Å². The Bertz CT molecular complexity index is 2000. The Kier molecular flexibility index (Phi) is 9.28. The predicted molar refractivity (Wildman–Crippen MR) is 178 cm³/mol. The molecule has 1 aromatic heterocycles. The number of aromatic nitrogens is 2. The van der Waals surface area contributed by atoms with Gasteiger partial charge < -0.3 is 29.0 Å². The number of nitrogens with one attached hydrogen (secondary N) is 2. The summed E-state index contributed by atoms with van der Waals surface area (Å²) in [7, 11) is 3.21. The van der Waals surface area contributed by atoms with Crippen LogP contribution in [0, 0.1) is 0 Å². The topological polar surface area (TPSA) is 147 Å². The van der Waals surface area contributed by atoms with Crippen LogP contribution in [0.4, 0.5) is 5.69 Å². The molecule has 0 saturated carbocycles. The lowest BCUT2D eigenvalue weighted by Gasteiger charge is -2.37. The fraction of sp³-hybridized carbons (Fsp3) is 0.278. The molecule has 6 rings (SSSR count). The number of aromatic amines is 1. The van der Waals surface area contributed by atoms with Gasteiger partial charge in [0.05, 0.1) is 39.6 Å². The number of anilines is 1. The van der Waals surface area contributed by atoms with E-state index in [2.05, 4.69) is 10.3 Å². The first-order chi connectivity index (χ1) is 23.3. The van der Waals surface area contributed by atoms with Gasteiger partial charge in [-0.1, -0.05) is 54.6 Å². The Balaban J connectivity index is 1.39. The molecule has 0 unspecified atom stereocenters. The molecular weight excluding hydrogens is 618 g/mol. The van der Waals surface area contributed by atoms with Crippen LogP contribution in [-0.2, 0) is 15.1 Å². The standard InChI is InChI=1S/C36H35N3O9/c1-4-46-33-30(31(41)32(33)42)37-28-20-27(48-34(28)39-19-18-29(40)38-35(39)43)21-47-36(22-8-6-5-7-9-22,23-10-14-25(44-2)15-11-23)24-12-16-26(45-3)17-13-24/h5-19,27-28,34,37H,4,20-21H2,1-3H3,(H,38,40,43)/t27-,28+,34+/m0/s1. The van der Waals surface area contributed by atoms with Gasteiger partial charge in [0, 0.05) is 18.7 Å². The molecule has 1 aliphatic rings. The highest BCUT2D eigenvalue weighted by molar-refractivity contribution is 5.62. The SMILES string of the molecule is CCOc1c(N[C@@H]2C[C@@H](COC(c3ccccc3)(c3ccc(OC)cc3)c3ccc(OC)cc3)O[C@H]2n2ccc(=O)[nH]c2=O)c(=O)c1=O. The summed E-state index contributed by atoms with van der Waals surface area (Å²) in [6, 6.07) is 25.6. The van der Waals surface area contributed by atoms with Crippen LogP contribution in [0.25, 0.3) is 0 Å². The van der Waals surface area contributed by atoms with Crippen LogP contribution in [0.15, 0.2) is 110 Å². The van der Waals surface area contributed by atoms with Gasteiger partial charge in [-0.2, -0.15) is 0 Å². The van der Waals surface area contributed by atoms with E-state index < -0.39 is 46.1 Å². The minimum atomic E-state index is -1.12. The monoisotopic (exact) mass is 653 g/mol. The van der Waals surface area contributed by atoms with E-state index in [1.807, 2.05) is 78.9 Å². The van der Waals surface area contributed by atoms with E-state index in [1.165, 1.54) is 16.8 Å². The molecule has 1 aliphatic heterocycles. The third kappa shape index (κ3) is 6.03. The van der Waals surface area contributed by atoms with Gasteiger partial charge in [0.1, 0.15) is 22.8 Å². The summed E-state index contributed by atoms with van der Waals surface area (Å²) in [4.78, 5) is 51.8. The number of benzene rings is 3. The van der Waals surface area contributed by atoms with E-state index >= 15 is 0 Å². The summed E-state index contributed by atoms with van der Waals surface area (Å²) in [5.41, 5.74) is -1.29. The molecule has 4 aromatic carbocycles. The Morgan fingerprint density at radius 2 is 1.44 bits per heavy atom. The van der Waals surface area contributed by atoms with Crippen molar-refractivity contribution >= 4 is 5.69 Å². The fourth-order valence-corrected chi connectivity index (χ4v) is 6.13. The molecule has 2 N–H and O–H groups in total. The maximum Gasteiger partial charge on any atom is 0.330 e. The van der Waals surface area contributed by atoms with Crippen LogP contribution in [-0.4, -0.2) is 49.1 Å². The second-order valence-electron chi connectivity index (χ2n) is 11.3. The average molecular weight is 654 g/mol. The number of nitrogens with zero attached hydrogens (tertiary/aromatic N) is 1. The lowest BCUT2D eigenvalue weighted by atomic mass is 9.80. The van der Waals surface area contributed by atoms with Crippen LogP contribution < -0.4 is 41.6 Å². The fourth-order valence-electron chi connectivity index (χ4n) is 6.13. The number of methoxy groups -OCH3 is 2. The second-order valence-corrected chi connectivity index (χ2v) is 11.3. The third-order valence-electron chi connectivity index (χ3n) is 8.46. The summed E-state index contributed by atoms with van der Waals surface area (Å²) in [6.07, 6.45) is 0.0394. The normalized spacial score (nSPS) is 17.7. The summed E-state index contributed by atoms with van der Waals surface area (Å²) < 4.78 is 31.0. The van der Waals surface area contributed by atoms with Gasteiger partial charge >= 0.3 is 5.69 Å². The predicted octanol–water partition coefficient (Wildman–Crippen LogP) is 3.33. The van der Waals surface area contributed by atoms with E-state index in [0.29, 0.717) is 11.5 Å². The maximum absolute atomic E-state index is 12.9. The molecule has 3 atom stereocenters. The van der Waals surface area contributed by atoms with Gasteiger partial charge in [-0.3, -0.25) is 23.9 Å². The minimum Gasteiger partial charge on any atom is -0.497 e. The Morgan fingerprint density at radius 3 is 2.00 bits per heavy atom. The minimum absolute atomic E-state index is 0.0228. The third-order valence-corrected chi connectivity index (χ3v) is 8.46. The van der Waals surface area contributed by atoms with Crippen molar-refractivity contribution < 1.29 is 23.7 Å². The smallest absolute Gasteiger partial charge is 0.330 e. The number of hydrogen-bond acceptors (Lipinski definition) is 10. The van der Waals surface area contributed by atoms with Crippen molar-refractivity contribution in [1.82, 2.24) is 9.55 Å². The zero-order chi connectivity index (χ0) is 33.8. The summed E-state index contributed by atoms with van der Waals surface area (Å²) >= 11 is 0. The molecule has 2 heterocycles. The van der Waals surface area contributed by atoms with Crippen LogP contribution in [0.1, 0.15) is 36.3 Å². The molecule has 0 aliphatic carbocycles. The highest BCUT2D eigenvalue weighted by Crippen LogP contribution is 2.43. The molecule has 5 aromatic rings. The molecule has 12 heteroatoms.